The molecular weight excluding hydrogens is 1050 g/mol. The molecule has 0 saturated carbocycles. The van der Waals surface area contributed by atoms with Crippen molar-refractivity contribution in [2.24, 2.45) is 0 Å². The number of carbonyl (C=O) groups is 1. The van der Waals surface area contributed by atoms with Crippen LogP contribution in [0.15, 0.2) is 107 Å². The largest absolute Gasteiger partial charge is 0.493 e. The number of hydrogen-bond donors (Lipinski definition) is 3. The van der Waals surface area contributed by atoms with Crippen molar-refractivity contribution < 1.29 is 71.3 Å². The zero-order valence-electron chi connectivity index (χ0n) is 32.5. The van der Waals surface area contributed by atoms with Crippen molar-refractivity contribution in [3.63, 3.8) is 0 Å². The van der Waals surface area contributed by atoms with Crippen molar-refractivity contribution in [3.05, 3.63) is 157 Å². The lowest BCUT2D eigenvalue weighted by Gasteiger charge is -2.15. The summed E-state index contributed by atoms with van der Waals surface area (Å²) in [4.78, 5) is 19.2. The van der Waals surface area contributed by atoms with E-state index in [0.29, 0.717) is 17.2 Å². The van der Waals surface area contributed by atoms with Crippen LogP contribution in [0.1, 0.15) is 32.7 Å². The second-order valence-electron chi connectivity index (χ2n) is 12.6. The third kappa shape index (κ3) is 13.7. The number of aliphatic hydroxyl groups excluding tert-OH is 1. The highest BCUT2D eigenvalue weighted by Crippen LogP contribution is 2.39. The average molecular weight is 1070 g/mol. The van der Waals surface area contributed by atoms with Crippen LogP contribution in [0.5, 0.6) is 17.4 Å². The normalized spacial score (nSPS) is 11.7. The van der Waals surface area contributed by atoms with E-state index in [2.05, 4.69) is 9.97 Å². The number of carbonyl (C=O) groups excluding carboxylic acids is 1. The molecule has 6 rings (SSSR count). The van der Waals surface area contributed by atoms with E-state index in [-0.39, 0.29) is 33.7 Å². The first-order valence-electron chi connectivity index (χ1n) is 17.3. The van der Waals surface area contributed by atoms with E-state index < -0.39 is 103 Å². The number of nitrogens with zero attached hydrogens (tertiary/aromatic N) is 2. The van der Waals surface area contributed by atoms with E-state index in [9.17, 15) is 61.9 Å². The summed E-state index contributed by atoms with van der Waals surface area (Å²) in [6, 6.07) is 14.3. The number of ketones is 1. The predicted octanol–water partition coefficient (Wildman–Crippen LogP) is 11.6. The van der Waals surface area contributed by atoms with Crippen molar-refractivity contribution in [2.75, 3.05) is 17.6 Å². The van der Waals surface area contributed by atoms with Crippen LogP contribution >= 0.6 is 57.1 Å². The van der Waals surface area contributed by atoms with Crippen LogP contribution in [0.2, 0.25) is 20.1 Å². The Hall–Kier alpha value is -5.20. The average Bonchev–Trinajstić information content (AvgIpc) is 3.21. The molecule has 12 nitrogen and oxygen atoms in total. The van der Waals surface area contributed by atoms with Gasteiger partial charge in [0.25, 0.3) is 19.1 Å². The number of ether oxygens (including phenoxy) is 2. The molecule has 6 aromatic rings. The highest BCUT2D eigenvalue weighted by molar-refractivity contribution is 8.13. The van der Waals surface area contributed by atoms with Crippen LogP contribution in [-0.4, -0.2) is 44.8 Å². The number of pyridine rings is 2. The quantitative estimate of drug-likeness (QED) is 0.0673. The topological polar surface area (TPSA) is 188 Å². The number of para-hydroxylation sites is 1. The highest BCUT2D eigenvalue weighted by atomic mass is 35.7. The van der Waals surface area contributed by atoms with Crippen LogP contribution < -0.4 is 19.9 Å². The van der Waals surface area contributed by atoms with Crippen molar-refractivity contribution in [1.29, 1.82) is 0 Å². The van der Waals surface area contributed by atoms with Gasteiger partial charge >= 0.3 is 12.4 Å². The molecule has 2 aromatic heterocycles. The molecule has 0 aliphatic rings. The maximum atomic E-state index is 14.3. The van der Waals surface area contributed by atoms with Gasteiger partial charge in [-0.1, -0.05) is 64.6 Å². The summed E-state index contributed by atoms with van der Waals surface area (Å²) in [7, 11) is -2.57. The lowest BCUT2D eigenvalue weighted by molar-refractivity contribution is -0.138. The smallest absolute Gasteiger partial charge is 0.417 e. The molecule has 66 heavy (non-hydrogen) atoms. The number of methoxy groups -OCH3 is 1. The highest BCUT2D eigenvalue weighted by Gasteiger charge is 2.36. The van der Waals surface area contributed by atoms with E-state index in [0.717, 1.165) is 42.6 Å². The molecule has 4 N–H and O–H groups in total. The Bertz CT molecular complexity index is 3010. The van der Waals surface area contributed by atoms with Crippen LogP contribution in [0.25, 0.3) is 0 Å². The Morgan fingerprint density at radius 2 is 1.29 bits per heavy atom. The Morgan fingerprint density at radius 1 is 0.758 bits per heavy atom. The molecule has 0 amide bonds. The Balaban J connectivity index is 0.000000242. The van der Waals surface area contributed by atoms with E-state index in [1.54, 1.807) is 6.07 Å². The van der Waals surface area contributed by atoms with Gasteiger partial charge in [-0.2, -0.15) is 26.3 Å². The molecule has 27 heteroatoms. The summed E-state index contributed by atoms with van der Waals surface area (Å²) in [6.45, 7) is -0.696. The monoisotopic (exact) mass is 1070 g/mol. The second-order valence-corrected chi connectivity index (χ2v) is 18.5. The number of alkyl halides is 6. The lowest BCUT2D eigenvalue weighted by Crippen LogP contribution is -2.19. The second kappa shape index (κ2) is 21.6. The summed E-state index contributed by atoms with van der Waals surface area (Å²) >= 11 is 22.4. The van der Waals surface area contributed by atoms with Gasteiger partial charge in [-0.05, 0) is 72.3 Å². The third-order valence-electron chi connectivity index (χ3n) is 8.08. The summed E-state index contributed by atoms with van der Waals surface area (Å²) in [6.07, 6.45) is -7.28. The molecule has 0 atom stereocenters. The Kier molecular flexibility index (Phi) is 17.5. The Morgan fingerprint density at radius 3 is 1.83 bits per heavy atom. The van der Waals surface area contributed by atoms with Crippen LogP contribution in [0.3, 0.4) is 0 Å². The molecule has 2 heterocycles. The first-order chi connectivity index (χ1) is 30.6. The number of halogens is 13. The molecule has 0 unspecified atom stereocenters. The van der Waals surface area contributed by atoms with Gasteiger partial charge in [0.05, 0.1) is 71.7 Å². The van der Waals surface area contributed by atoms with Crippen molar-refractivity contribution in [3.8, 4) is 17.4 Å². The van der Waals surface area contributed by atoms with Gasteiger partial charge in [-0.3, -0.25) is 9.52 Å². The van der Waals surface area contributed by atoms with Gasteiger partial charge in [0.15, 0.2) is 11.6 Å². The summed E-state index contributed by atoms with van der Waals surface area (Å²) in [5.74, 6) is -2.38. The lowest BCUT2D eigenvalue weighted by atomic mass is 10.0. The van der Waals surface area contributed by atoms with E-state index >= 15 is 0 Å². The summed E-state index contributed by atoms with van der Waals surface area (Å²) < 4.78 is 164. The molecule has 0 radical (unpaired) electrons. The number of nitrogens with two attached hydrogens (primary N) is 1. The van der Waals surface area contributed by atoms with Crippen molar-refractivity contribution in [1.82, 2.24) is 9.97 Å². The van der Waals surface area contributed by atoms with Crippen LogP contribution in [0, 0.1) is 11.6 Å². The number of rotatable bonds is 10. The SMILES string of the molecule is COc1cccc(F)c1Oc1ncc(Cl)cc1N.O=C(c1ncc(Cl)cc1NS(=O)(=O)c1ccc(Cl)c(C(F)(F)F)c1)c1c(F)cccc1CO.O=S(=O)(Cl)c1ccc(Cl)c(C(F)(F)F)c1. The molecule has 0 bridgehead atoms. The van der Waals surface area contributed by atoms with E-state index in [1.807, 2.05) is 4.72 Å². The molecule has 0 spiro atoms. The minimum Gasteiger partial charge on any atom is -0.493 e. The molecular formula is C39H25Cl5F8N4O8S2. The number of nitrogens with one attached hydrogen (secondary N) is 1. The minimum absolute atomic E-state index is 0.0680. The number of hydrogen-bond acceptors (Lipinski definition) is 11. The number of anilines is 2. The van der Waals surface area contributed by atoms with E-state index in [1.165, 1.54) is 43.6 Å². The number of nitrogen functional groups attached to an aromatic ring is 1. The van der Waals surface area contributed by atoms with Gasteiger partial charge in [0, 0.05) is 23.1 Å². The molecule has 0 aliphatic heterocycles. The molecule has 0 saturated heterocycles. The van der Waals surface area contributed by atoms with Gasteiger partial charge < -0.3 is 20.3 Å². The Labute approximate surface area is 393 Å². The van der Waals surface area contributed by atoms with Crippen molar-refractivity contribution >= 4 is 93.3 Å². The van der Waals surface area contributed by atoms with Gasteiger partial charge in [0.2, 0.25) is 17.4 Å². The molecule has 0 fully saturated rings. The zero-order chi connectivity index (χ0) is 49.5. The van der Waals surface area contributed by atoms with E-state index in [4.69, 9.17) is 72.3 Å². The predicted molar refractivity (Wildman–Crippen MR) is 228 cm³/mol. The van der Waals surface area contributed by atoms with Crippen LogP contribution in [0.4, 0.5) is 46.5 Å². The molecule has 4 aromatic carbocycles. The third-order valence-corrected chi connectivity index (χ3v) is 11.9. The molecule has 0 aliphatic carbocycles. The number of aromatic nitrogens is 2. The van der Waals surface area contributed by atoms with Gasteiger partial charge in [0.1, 0.15) is 11.5 Å². The fourth-order valence-corrected chi connectivity index (χ4v) is 7.74. The number of benzene rings is 4. The first-order valence-corrected chi connectivity index (χ1v) is 22.6. The van der Waals surface area contributed by atoms with Crippen molar-refractivity contribution in [2.45, 2.75) is 28.8 Å². The standard InChI is InChI=1S/C20H12Cl2F4N2O4S.C12H10ClFN2O2.C7H3Cl2F3O2S/c21-11-6-16(18(27-8-11)19(30)17-10(9-29)2-1-3-15(17)23)28-33(31,32)12-4-5-14(22)13(7-12)20(24,25)26;1-17-10-4-2-3-8(14)11(10)18-12-9(15)5-7(13)6-16-12;8-6-2-1-4(15(9,13)14)3-5(6)7(10,11)12/h1-8,28-29H,9H2;2-6H,15H2,1H3;1-3H. The summed E-state index contributed by atoms with van der Waals surface area (Å²) in [5.41, 5.74) is 1.54. The van der Waals surface area contributed by atoms with Crippen LogP contribution in [-0.2, 0) is 38.0 Å². The maximum absolute atomic E-state index is 14.3. The number of sulfonamides is 1. The molecule has 352 valence electrons. The fourth-order valence-electron chi connectivity index (χ4n) is 5.11. The summed E-state index contributed by atoms with van der Waals surface area (Å²) in [5, 5.41) is 8.40. The maximum Gasteiger partial charge on any atom is 0.417 e. The number of aliphatic hydroxyl groups is 1. The van der Waals surface area contributed by atoms with Gasteiger partial charge in [-0.25, -0.2) is 35.6 Å². The van der Waals surface area contributed by atoms with Gasteiger partial charge in [-0.15, -0.1) is 0 Å². The minimum atomic E-state index is -4.92. The fraction of sp³-hybridized carbons (Fsp3) is 0.103. The first kappa shape index (κ1) is 53.4. The zero-order valence-corrected chi connectivity index (χ0v) is 37.9.